The van der Waals surface area contributed by atoms with Crippen molar-refractivity contribution >= 4 is 85.3 Å². The summed E-state index contributed by atoms with van der Waals surface area (Å²) in [5, 5.41) is 4.58. The van der Waals surface area contributed by atoms with Gasteiger partial charge in [0, 0.05) is 15.1 Å². The minimum Gasteiger partial charge on any atom is -0.488 e. The number of rotatable bonds is 5. The Bertz CT molecular complexity index is 1250. The van der Waals surface area contributed by atoms with Crippen molar-refractivity contribution in [2.45, 2.75) is 6.61 Å². The van der Waals surface area contributed by atoms with Crippen LogP contribution in [0.15, 0.2) is 75.0 Å². The van der Waals surface area contributed by atoms with Crippen LogP contribution in [0.5, 0.6) is 5.75 Å². The van der Waals surface area contributed by atoms with Crippen molar-refractivity contribution in [1.29, 1.82) is 0 Å². The number of carbonyl (C=O) groups is 1. The number of benzene rings is 3. The van der Waals surface area contributed by atoms with Gasteiger partial charge in [-0.25, -0.2) is 4.99 Å². The Morgan fingerprint density at radius 3 is 2.62 bits per heavy atom. The summed E-state index contributed by atoms with van der Waals surface area (Å²) < 4.78 is 6.87. The molecular formula is C23H14BrCl3N2O2S. The second kappa shape index (κ2) is 10.3. The van der Waals surface area contributed by atoms with E-state index in [2.05, 4.69) is 26.2 Å². The summed E-state index contributed by atoms with van der Waals surface area (Å²) in [4.78, 5) is 17.4. The van der Waals surface area contributed by atoms with E-state index in [1.807, 2.05) is 42.5 Å². The van der Waals surface area contributed by atoms with Crippen LogP contribution in [0.2, 0.25) is 15.1 Å². The number of aliphatic imine (C=N–C) groups is 1. The number of hydrogen-bond acceptors (Lipinski definition) is 4. The van der Waals surface area contributed by atoms with E-state index in [0.29, 0.717) is 43.2 Å². The molecule has 1 heterocycles. The molecule has 3 aromatic carbocycles. The highest BCUT2D eigenvalue weighted by Gasteiger charge is 2.25. The Balaban J connectivity index is 1.57. The first-order valence-corrected chi connectivity index (χ1v) is 12.0. The molecule has 3 aromatic rings. The van der Waals surface area contributed by atoms with E-state index >= 15 is 0 Å². The zero-order valence-corrected chi connectivity index (χ0v) is 20.9. The number of thioether (sulfide) groups is 1. The highest BCUT2D eigenvalue weighted by Crippen LogP contribution is 2.35. The van der Waals surface area contributed by atoms with Crippen molar-refractivity contribution < 1.29 is 9.53 Å². The summed E-state index contributed by atoms with van der Waals surface area (Å²) in [6.45, 7) is 0.369. The molecule has 0 unspecified atom stereocenters. The number of ether oxygens (including phenoxy) is 1. The van der Waals surface area contributed by atoms with E-state index < -0.39 is 0 Å². The third kappa shape index (κ3) is 5.69. The second-order valence-electron chi connectivity index (χ2n) is 6.65. The molecule has 1 amide bonds. The molecule has 1 aliphatic heterocycles. The van der Waals surface area contributed by atoms with Crippen molar-refractivity contribution in [3.8, 4) is 5.75 Å². The van der Waals surface area contributed by atoms with E-state index in [9.17, 15) is 4.79 Å². The first-order valence-electron chi connectivity index (χ1n) is 9.29. The predicted octanol–water partition coefficient (Wildman–Crippen LogP) is 7.88. The zero-order valence-electron chi connectivity index (χ0n) is 16.2. The van der Waals surface area contributed by atoms with Gasteiger partial charge in [0.15, 0.2) is 5.17 Å². The molecule has 0 aliphatic carbocycles. The normalized spacial score (nSPS) is 15.9. The fourth-order valence-corrected chi connectivity index (χ4v) is 4.48. The largest absolute Gasteiger partial charge is 0.488 e. The van der Waals surface area contributed by atoms with Crippen LogP contribution in [-0.2, 0) is 11.4 Å². The van der Waals surface area contributed by atoms with Crippen LogP contribution in [-0.4, -0.2) is 11.1 Å². The molecule has 9 heteroatoms. The summed E-state index contributed by atoms with van der Waals surface area (Å²) in [5.41, 5.74) is 2.22. The molecule has 1 fully saturated rings. The number of hydrogen-bond donors (Lipinski definition) is 1. The zero-order chi connectivity index (χ0) is 22.7. The Kier molecular flexibility index (Phi) is 7.48. The van der Waals surface area contributed by atoms with E-state index in [1.165, 1.54) is 11.8 Å². The van der Waals surface area contributed by atoms with Gasteiger partial charge in [0.05, 0.1) is 20.6 Å². The van der Waals surface area contributed by atoms with E-state index in [1.54, 1.807) is 24.3 Å². The lowest BCUT2D eigenvalue weighted by atomic mass is 10.2. The molecule has 1 aliphatic rings. The van der Waals surface area contributed by atoms with E-state index in [-0.39, 0.29) is 5.91 Å². The van der Waals surface area contributed by atoms with Gasteiger partial charge in [0.1, 0.15) is 12.4 Å². The Labute approximate surface area is 212 Å². The molecule has 162 valence electrons. The van der Waals surface area contributed by atoms with Gasteiger partial charge in [-0.15, -0.1) is 0 Å². The number of amidine groups is 1. The van der Waals surface area contributed by atoms with Crippen LogP contribution in [0.25, 0.3) is 6.08 Å². The van der Waals surface area contributed by atoms with Gasteiger partial charge < -0.3 is 10.1 Å². The molecule has 0 atom stereocenters. The fourth-order valence-electron chi connectivity index (χ4n) is 2.82. The van der Waals surface area contributed by atoms with Crippen LogP contribution in [0.4, 0.5) is 5.69 Å². The molecule has 0 saturated carbocycles. The standard InChI is InChI=1S/C23H14BrCl3N2O2S/c24-15-6-9-19(31-12-13-4-7-16(25)8-5-13)14(10-15)11-20-22(30)29-23(32-20)28-18-3-1-2-17(26)21(18)27/h1-11H,12H2,(H,28,29,30)/b20-11+. The first-order chi connectivity index (χ1) is 15.4. The van der Waals surface area contributed by atoms with Crippen molar-refractivity contribution in [2.75, 3.05) is 0 Å². The average molecular weight is 569 g/mol. The first kappa shape index (κ1) is 23.2. The summed E-state index contributed by atoms with van der Waals surface area (Å²) in [6.07, 6.45) is 1.77. The molecule has 4 rings (SSSR count). The third-order valence-electron chi connectivity index (χ3n) is 4.37. The average Bonchev–Trinajstić information content (AvgIpc) is 3.11. The summed E-state index contributed by atoms with van der Waals surface area (Å²) in [5.74, 6) is 0.392. The lowest BCUT2D eigenvalue weighted by Crippen LogP contribution is -2.19. The lowest BCUT2D eigenvalue weighted by molar-refractivity contribution is -0.115. The summed E-state index contributed by atoms with van der Waals surface area (Å²) >= 11 is 22.9. The maximum absolute atomic E-state index is 12.5. The summed E-state index contributed by atoms with van der Waals surface area (Å²) in [6, 6.07) is 18.2. The number of nitrogens with zero attached hydrogens (tertiary/aromatic N) is 1. The lowest BCUT2D eigenvalue weighted by Gasteiger charge is -2.10. The molecule has 0 aromatic heterocycles. The minimum atomic E-state index is -0.254. The highest BCUT2D eigenvalue weighted by atomic mass is 79.9. The topological polar surface area (TPSA) is 50.7 Å². The monoisotopic (exact) mass is 566 g/mol. The third-order valence-corrected chi connectivity index (χ3v) is 6.83. The van der Waals surface area contributed by atoms with Gasteiger partial charge in [-0.2, -0.15) is 0 Å². The second-order valence-corrected chi connectivity index (χ2v) is 9.82. The molecule has 0 radical (unpaired) electrons. The van der Waals surface area contributed by atoms with E-state index in [4.69, 9.17) is 39.5 Å². The number of halogens is 4. The Hall–Kier alpha value is -1.96. The SMILES string of the molecule is O=C1NC(=Nc2cccc(Cl)c2Cl)S/C1=C/c1cc(Br)ccc1OCc1ccc(Cl)cc1. The van der Waals surface area contributed by atoms with Gasteiger partial charge >= 0.3 is 0 Å². The highest BCUT2D eigenvalue weighted by molar-refractivity contribution is 9.10. The van der Waals surface area contributed by atoms with Gasteiger partial charge in [0.2, 0.25) is 0 Å². The molecule has 0 bridgehead atoms. The summed E-state index contributed by atoms with van der Waals surface area (Å²) in [7, 11) is 0. The predicted molar refractivity (Wildman–Crippen MR) is 137 cm³/mol. The molecular weight excluding hydrogens is 555 g/mol. The number of nitrogens with one attached hydrogen (secondary N) is 1. The Morgan fingerprint density at radius 2 is 1.84 bits per heavy atom. The Morgan fingerprint density at radius 1 is 1.06 bits per heavy atom. The van der Waals surface area contributed by atoms with Crippen molar-refractivity contribution in [1.82, 2.24) is 5.32 Å². The van der Waals surface area contributed by atoms with Crippen LogP contribution in [0.1, 0.15) is 11.1 Å². The maximum atomic E-state index is 12.5. The van der Waals surface area contributed by atoms with Crippen LogP contribution >= 0.6 is 62.5 Å². The molecule has 32 heavy (non-hydrogen) atoms. The smallest absolute Gasteiger partial charge is 0.264 e. The number of carbonyl (C=O) groups excluding carboxylic acids is 1. The van der Waals surface area contributed by atoms with Crippen LogP contribution in [0, 0.1) is 0 Å². The van der Waals surface area contributed by atoms with Gasteiger partial charge in [-0.1, -0.05) is 68.9 Å². The van der Waals surface area contributed by atoms with E-state index in [0.717, 1.165) is 15.6 Å². The molecule has 1 saturated heterocycles. The maximum Gasteiger partial charge on any atom is 0.264 e. The fraction of sp³-hybridized carbons (Fsp3) is 0.0435. The van der Waals surface area contributed by atoms with Crippen molar-refractivity contribution in [3.63, 3.8) is 0 Å². The van der Waals surface area contributed by atoms with Crippen molar-refractivity contribution in [3.05, 3.63) is 96.2 Å². The molecule has 1 N–H and O–H groups in total. The minimum absolute atomic E-state index is 0.254. The van der Waals surface area contributed by atoms with Crippen LogP contribution in [0.3, 0.4) is 0 Å². The van der Waals surface area contributed by atoms with Crippen molar-refractivity contribution in [2.24, 2.45) is 4.99 Å². The number of amides is 1. The van der Waals surface area contributed by atoms with Gasteiger partial charge in [0.25, 0.3) is 5.91 Å². The molecule has 4 nitrogen and oxygen atoms in total. The quantitative estimate of drug-likeness (QED) is 0.319. The van der Waals surface area contributed by atoms with Crippen LogP contribution < -0.4 is 10.1 Å². The van der Waals surface area contributed by atoms with Gasteiger partial charge in [-0.3, -0.25) is 4.79 Å². The van der Waals surface area contributed by atoms with Gasteiger partial charge in [-0.05, 0) is 65.9 Å². The molecule has 0 spiro atoms.